The van der Waals surface area contributed by atoms with Gasteiger partial charge in [0.25, 0.3) is 5.79 Å². The van der Waals surface area contributed by atoms with E-state index in [9.17, 15) is 9.59 Å². The first-order valence-electron chi connectivity index (χ1n) is 13.6. The molecule has 0 saturated carbocycles. The van der Waals surface area contributed by atoms with Crippen molar-refractivity contribution in [2.45, 2.75) is 78.1 Å². The maximum Gasteiger partial charge on any atom is 0.345 e. The van der Waals surface area contributed by atoms with Gasteiger partial charge in [0.1, 0.15) is 28.4 Å². The van der Waals surface area contributed by atoms with E-state index in [1.54, 1.807) is 31.4 Å². The predicted octanol–water partition coefficient (Wildman–Crippen LogP) is 7.41. The minimum Gasteiger partial charge on any atom is -0.497 e. The molecule has 1 atom stereocenters. The van der Waals surface area contributed by atoms with E-state index in [0.29, 0.717) is 34.8 Å². The summed E-state index contributed by atoms with van der Waals surface area (Å²) in [6.45, 7) is 9.76. The van der Waals surface area contributed by atoms with Gasteiger partial charge in [-0.2, -0.15) is 0 Å². The molecule has 3 aromatic carbocycles. The smallest absolute Gasteiger partial charge is 0.345 e. The highest BCUT2D eigenvalue weighted by molar-refractivity contribution is 6.01. The standard InChI is InChI=1S/C33H36O6/c1-7-8-9-10-22-18-27-29(25-17-20(2)11-16-26(25)32(4,5)37-27)30-28(22)31(35)39-33(38-30,19-21(3)34)23-12-14-24(36-6)15-13-23/h11-18H,7-10,19H2,1-6H3. The summed E-state index contributed by atoms with van der Waals surface area (Å²) in [4.78, 5) is 26.5. The second-order valence-corrected chi connectivity index (χ2v) is 11.1. The van der Waals surface area contributed by atoms with Gasteiger partial charge in [0, 0.05) is 11.1 Å². The molecule has 0 saturated heterocycles. The Morgan fingerprint density at radius 3 is 2.36 bits per heavy atom. The van der Waals surface area contributed by atoms with E-state index < -0.39 is 17.4 Å². The summed E-state index contributed by atoms with van der Waals surface area (Å²) in [5, 5.41) is 0. The van der Waals surface area contributed by atoms with Crippen LogP contribution in [0.4, 0.5) is 0 Å². The average molecular weight is 529 g/mol. The average Bonchev–Trinajstić information content (AvgIpc) is 2.87. The topological polar surface area (TPSA) is 71.1 Å². The highest BCUT2D eigenvalue weighted by atomic mass is 16.7. The van der Waals surface area contributed by atoms with Crippen molar-refractivity contribution < 1.29 is 28.5 Å². The molecule has 0 N–H and O–H groups in total. The minimum absolute atomic E-state index is 0.133. The number of fused-ring (bicyclic) bond motifs is 5. The van der Waals surface area contributed by atoms with Crippen molar-refractivity contribution in [3.8, 4) is 28.4 Å². The number of aryl methyl sites for hydroxylation is 2. The van der Waals surface area contributed by atoms with E-state index >= 15 is 0 Å². The lowest BCUT2D eigenvalue weighted by Gasteiger charge is -2.42. The van der Waals surface area contributed by atoms with Crippen molar-refractivity contribution in [2.75, 3.05) is 7.11 Å². The fourth-order valence-corrected chi connectivity index (χ4v) is 5.68. The molecule has 0 fully saturated rings. The molecule has 0 aromatic heterocycles. The normalized spacial score (nSPS) is 18.6. The Labute approximate surface area is 230 Å². The molecule has 6 heteroatoms. The van der Waals surface area contributed by atoms with Crippen LogP contribution in [0.3, 0.4) is 0 Å². The van der Waals surface area contributed by atoms with Gasteiger partial charge in [0.15, 0.2) is 5.75 Å². The Hall–Kier alpha value is -3.80. The SMILES string of the molecule is CCCCCc1cc2c(c3c1C(=O)OC(CC(C)=O)(c1ccc(OC)cc1)O3)-c1cc(C)ccc1C(C)(C)O2. The molecule has 0 aliphatic carbocycles. The van der Waals surface area contributed by atoms with Crippen LogP contribution in [0.25, 0.3) is 11.1 Å². The summed E-state index contributed by atoms with van der Waals surface area (Å²) in [6.07, 6.45) is 3.58. The van der Waals surface area contributed by atoms with Crippen LogP contribution in [0.1, 0.15) is 86.0 Å². The first-order valence-corrected chi connectivity index (χ1v) is 13.6. The Morgan fingerprint density at radius 1 is 0.949 bits per heavy atom. The molecular formula is C33H36O6. The number of methoxy groups -OCH3 is 1. The van der Waals surface area contributed by atoms with Crippen molar-refractivity contribution in [1.82, 2.24) is 0 Å². The van der Waals surface area contributed by atoms with Gasteiger partial charge in [-0.3, -0.25) is 4.79 Å². The maximum absolute atomic E-state index is 13.9. The molecule has 39 heavy (non-hydrogen) atoms. The third kappa shape index (κ3) is 4.77. The number of cyclic esters (lactones) is 1. The number of rotatable bonds is 8. The van der Waals surface area contributed by atoms with E-state index in [4.69, 9.17) is 18.9 Å². The van der Waals surface area contributed by atoms with Gasteiger partial charge in [-0.25, -0.2) is 4.79 Å². The molecule has 0 spiro atoms. The number of hydrogen-bond donors (Lipinski definition) is 0. The van der Waals surface area contributed by atoms with E-state index in [0.717, 1.165) is 47.1 Å². The summed E-state index contributed by atoms with van der Waals surface area (Å²) < 4.78 is 24.8. The zero-order chi connectivity index (χ0) is 27.9. The molecule has 2 aliphatic heterocycles. The summed E-state index contributed by atoms with van der Waals surface area (Å²) in [7, 11) is 1.58. The Bertz CT molecular complexity index is 1440. The van der Waals surface area contributed by atoms with Gasteiger partial charge in [-0.1, -0.05) is 43.5 Å². The molecule has 5 rings (SSSR count). The van der Waals surface area contributed by atoms with E-state index in [1.807, 2.05) is 26.8 Å². The Balaban J connectivity index is 1.77. The first-order chi connectivity index (χ1) is 18.6. The largest absolute Gasteiger partial charge is 0.497 e. The number of esters is 1. The molecule has 2 aliphatic rings. The van der Waals surface area contributed by atoms with Gasteiger partial charge in [-0.15, -0.1) is 0 Å². The molecule has 204 valence electrons. The van der Waals surface area contributed by atoms with Crippen LogP contribution in [-0.4, -0.2) is 18.9 Å². The number of ketones is 1. The van der Waals surface area contributed by atoms with Crippen molar-refractivity contribution in [3.63, 3.8) is 0 Å². The zero-order valence-corrected chi connectivity index (χ0v) is 23.6. The van der Waals surface area contributed by atoms with Crippen molar-refractivity contribution >= 4 is 11.8 Å². The number of unbranched alkanes of at least 4 members (excludes halogenated alkanes) is 2. The van der Waals surface area contributed by atoms with Gasteiger partial charge in [-0.05, 0) is 82.0 Å². The quantitative estimate of drug-likeness (QED) is 0.224. The number of hydrogen-bond acceptors (Lipinski definition) is 6. The van der Waals surface area contributed by atoms with E-state index in [2.05, 4.69) is 25.1 Å². The predicted molar refractivity (Wildman–Crippen MR) is 150 cm³/mol. The van der Waals surface area contributed by atoms with Crippen LogP contribution in [0.2, 0.25) is 0 Å². The lowest BCUT2D eigenvalue weighted by Crippen LogP contribution is -2.44. The fourth-order valence-electron chi connectivity index (χ4n) is 5.68. The van der Waals surface area contributed by atoms with Gasteiger partial charge < -0.3 is 18.9 Å². The molecule has 0 amide bonds. The highest BCUT2D eigenvalue weighted by Crippen LogP contribution is 2.55. The highest BCUT2D eigenvalue weighted by Gasteiger charge is 2.49. The van der Waals surface area contributed by atoms with Crippen LogP contribution in [0.15, 0.2) is 48.5 Å². The molecule has 0 bridgehead atoms. The van der Waals surface area contributed by atoms with Crippen LogP contribution in [0.5, 0.6) is 17.2 Å². The number of benzene rings is 3. The van der Waals surface area contributed by atoms with E-state index in [1.165, 1.54) is 6.92 Å². The van der Waals surface area contributed by atoms with E-state index in [-0.39, 0.29) is 12.2 Å². The maximum atomic E-state index is 13.9. The fraction of sp³-hybridized carbons (Fsp3) is 0.394. The molecule has 6 nitrogen and oxygen atoms in total. The van der Waals surface area contributed by atoms with Crippen molar-refractivity contribution in [3.05, 3.63) is 76.3 Å². The summed E-state index contributed by atoms with van der Waals surface area (Å²) >= 11 is 0. The first kappa shape index (κ1) is 26.8. The van der Waals surface area contributed by atoms with Crippen LogP contribution in [0, 0.1) is 6.92 Å². The van der Waals surface area contributed by atoms with Crippen LogP contribution >= 0.6 is 0 Å². The lowest BCUT2D eigenvalue weighted by molar-refractivity contribution is -0.171. The molecular weight excluding hydrogens is 492 g/mol. The molecule has 3 aromatic rings. The summed E-state index contributed by atoms with van der Waals surface area (Å²) in [5.74, 6) is -0.547. The summed E-state index contributed by atoms with van der Waals surface area (Å²) in [5.41, 5.74) is 5.00. The number of carbonyl (C=O) groups is 2. The Morgan fingerprint density at radius 2 is 1.69 bits per heavy atom. The number of ether oxygens (including phenoxy) is 4. The van der Waals surface area contributed by atoms with Crippen LogP contribution in [-0.2, 0) is 27.3 Å². The van der Waals surface area contributed by atoms with Gasteiger partial charge in [0.05, 0.1) is 19.1 Å². The third-order valence-corrected chi connectivity index (χ3v) is 7.57. The summed E-state index contributed by atoms with van der Waals surface area (Å²) in [6, 6.07) is 15.3. The third-order valence-electron chi connectivity index (χ3n) is 7.57. The minimum atomic E-state index is -1.62. The van der Waals surface area contributed by atoms with Crippen LogP contribution < -0.4 is 14.2 Å². The zero-order valence-electron chi connectivity index (χ0n) is 23.6. The second kappa shape index (κ2) is 10.1. The van der Waals surface area contributed by atoms with Gasteiger partial charge >= 0.3 is 5.97 Å². The second-order valence-electron chi connectivity index (χ2n) is 11.1. The molecule has 1 unspecified atom stereocenters. The van der Waals surface area contributed by atoms with Crippen molar-refractivity contribution in [1.29, 1.82) is 0 Å². The number of Topliss-reactive ketones (excluding diaryl/α,β-unsaturated/α-hetero) is 1. The van der Waals surface area contributed by atoms with Crippen molar-refractivity contribution in [2.24, 2.45) is 0 Å². The van der Waals surface area contributed by atoms with Gasteiger partial charge in [0.2, 0.25) is 0 Å². The Kier molecular flexibility index (Phi) is 6.91. The monoisotopic (exact) mass is 528 g/mol. The number of carbonyl (C=O) groups excluding carboxylic acids is 2. The molecule has 2 heterocycles. The lowest BCUT2D eigenvalue weighted by atomic mass is 9.82. The molecule has 0 radical (unpaired) electrons.